The predicted molar refractivity (Wildman–Crippen MR) is 93.2 cm³/mol. The number of ether oxygens (including phenoxy) is 1. The number of furan rings is 1. The first-order chi connectivity index (χ1) is 11.6. The third-order valence-corrected chi connectivity index (χ3v) is 3.80. The van der Waals surface area contributed by atoms with Crippen LogP contribution >= 0.6 is 11.6 Å². The first kappa shape index (κ1) is 18.4. The molecule has 0 spiro atoms. The number of nitro benzene ring substituents is 1. The highest BCUT2D eigenvalue weighted by Crippen LogP contribution is 2.32. The molecule has 0 aliphatic rings. The van der Waals surface area contributed by atoms with E-state index in [-0.39, 0.29) is 5.69 Å². The molecule has 130 valence electrons. The van der Waals surface area contributed by atoms with Crippen LogP contribution in [0.15, 0.2) is 34.7 Å². The summed E-state index contributed by atoms with van der Waals surface area (Å²) in [7, 11) is 0. The standard InChI is InChI=1S/C17H21ClN2O4/c1-2-23-10-4-3-9-19-12-14-6-8-17(24-14)15-7-5-13(20(21)22)11-16(15)18/h5-8,11,19H,2-4,9-10,12H2,1H3. The molecule has 7 heteroatoms. The largest absolute Gasteiger partial charge is 0.460 e. The molecule has 0 amide bonds. The highest BCUT2D eigenvalue weighted by molar-refractivity contribution is 6.33. The van der Waals surface area contributed by atoms with Crippen LogP contribution in [-0.2, 0) is 11.3 Å². The molecule has 0 saturated carbocycles. The van der Waals surface area contributed by atoms with Crippen LogP contribution < -0.4 is 5.32 Å². The first-order valence-corrected chi connectivity index (χ1v) is 8.31. The van der Waals surface area contributed by atoms with E-state index in [0.717, 1.165) is 38.4 Å². The van der Waals surface area contributed by atoms with Gasteiger partial charge in [0.15, 0.2) is 0 Å². The minimum absolute atomic E-state index is 0.0377. The third-order valence-electron chi connectivity index (χ3n) is 3.49. The van der Waals surface area contributed by atoms with Gasteiger partial charge in [-0.3, -0.25) is 10.1 Å². The normalized spacial score (nSPS) is 10.9. The fourth-order valence-electron chi connectivity index (χ4n) is 2.25. The van der Waals surface area contributed by atoms with Gasteiger partial charge in [0.2, 0.25) is 0 Å². The van der Waals surface area contributed by atoms with Gasteiger partial charge in [-0.15, -0.1) is 0 Å². The second kappa shape index (κ2) is 9.42. The number of rotatable bonds is 10. The van der Waals surface area contributed by atoms with Crippen molar-refractivity contribution in [3.05, 3.63) is 51.2 Å². The summed E-state index contributed by atoms with van der Waals surface area (Å²) in [5.41, 5.74) is 0.606. The molecule has 1 heterocycles. The molecule has 0 bridgehead atoms. The number of nitro groups is 1. The Bertz CT molecular complexity index is 672. The number of unbranched alkanes of at least 4 members (excludes halogenated alkanes) is 1. The summed E-state index contributed by atoms with van der Waals surface area (Å²) in [6.07, 6.45) is 2.07. The lowest BCUT2D eigenvalue weighted by atomic mass is 10.1. The van der Waals surface area contributed by atoms with Crippen LogP contribution in [0, 0.1) is 10.1 Å². The molecule has 0 unspecified atom stereocenters. The average molecular weight is 353 g/mol. The number of benzene rings is 1. The Hall–Kier alpha value is -1.89. The molecule has 1 aromatic carbocycles. The van der Waals surface area contributed by atoms with Crippen molar-refractivity contribution in [2.24, 2.45) is 0 Å². The van der Waals surface area contributed by atoms with E-state index in [1.165, 1.54) is 12.1 Å². The van der Waals surface area contributed by atoms with E-state index in [2.05, 4.69) is 5.32 Å². The third kappa shape index (κ3) is 5.33. The molecular weight excluding hydrogens is 332 g/mol. The van der Waals surface area contributed by atoms with E-state index in [4.69, 9.17) is 20.8 Å². The van der Waals surface area contributed by atoms with Crippen LogP contribution in [0.5, 0.6) is 0 Å². The Morgan fingerprint density at radius 1 is 1.29 bits per heavy atom. The molecule has 24 heavy (non-hydrogen) atoms. The molecule has 0 saturated heterocycles. The van der Waals surface area contributed by atoms with Crippen LogP contribution in [0.1, 0.15) is 25.5 Å². The highest BCUT2D eigenvalue weighted by Gasteiger charge is 2.13. The van der Waals surface area contributed by atoms with Crippen molar-refractivity contribution in [3.63, 3.8) is 0 Å². The molecule has 1 N–H and O–H groups in total. The monoisotopic (exact) mass is 352 g/mol. The van der Waals surface area contributed by atoms with Crippen molar-refractivity contribution in [3.8, 4) is 11.3 Å². The lowest BCUT2D eigenvalue weighted by Gasteiger charge is -2.04. The second-order valence-electron chi connectivity index (χ2n) is 5.27. The molecule has 6 nitrogen and oxygen atoms in total. The van der Waals surface area contributed by atoms with Crippen molar-refractivity contribution in [2.45, 2.75) is 26.3 Å². The van der Waals surface area contributed by atoms with Gasteiger partial charge < -0.3 is 14.5 Å². The van der Waals surface area contributed by atoms with E-state index in [1.54, 1.807) is 6.07 Å². The topological polar surface area (TPSA) is 77.5 Å². The zero-order chi connectivity index (χ0) is 17.4. The second-order valence-corrected chi connectivity index (χ2v) is 5.68. The minimum atomic E-state index is -0.474. The Morgan fingerprint density at radius 3 is 2.83 bits per heavy atom. The Morgan fingerprint density at radius 2 is 2.12 bits per heavy atom. The maximum atomic E-state index is 10.7. The zero-order valence-electron chi connectivity index (χ0n) is 13.6. The van der Waals surface area contributed by atoms with Gasteiger partial charge in [0.1, 0.15) is 11.5 Å². The van der Waals surface area contributed by atoms with Crippen molar-refractivity contribution in [1.82, 2.24) is 5.32 Å². The fraction of sp³-hybridized carbons (Fsp3) is 0.412. The number of nitrogens with zero attached hydrogens (tertiary/aromatic N) is 1. The van der Waals surface area contributed by atoms with Gasteiger partial charge in [0, 0.05) is 30.9 Å². The van der Waals surface area contributed by atoms with Crippen molar-refractivity contribution < 1.29 is 14.1 Å². The van der Waals surface area contributed by atoms with E-state index in [0.29, 0.717) is 22.9 Å². The Balaban J connectivity index is 1.86. The summed E-state index contributed by atoms with van der Waals surface area (Å²) in [5.74, 6) is 1.40. The molecule has 2 rings (SSSR count). The van der Waals surface area contributed by atoms with Gasteiger partial charge in [-0.25, -0.2) is 0 Å². The van der Waals surface area contributed by atoms with E-state index in [9.17, 15) is 10.1 Å². The van der Waals surface area contributed by atoms with Gasteiger partial charge in [0.25, 0.3) is 5.69 Å². The first-order valence-electron chi connectivity index (χ1n) is 7.93. The van der Waals surface area contributed by atoms with Crippen LogP contribution in [0.3, 0.4) is 0 Å². The highest BCUT2D eigenvalue weighted by atomic mass is 35.5. The maximum Gasteiger partial charge on any atom is 0.270 e. The number of hydrogen-bond donors (Lipinski definition) is 1. The fourth-order valence-corrected chi connectivity index (χ4v) is 2.51. The van der Waals surface area contributed by atoms with Gasteiger partial charge >= 0.3 is 0 Å². The lowest BCUT2D eigenvalue weighted by molar-refractivity contribution is -0.384. The Kier molecular flexibility index (Phi) is 7.24. The van der Waals surface area contributed by atoms with Crippen molar-refractivity contribution in [1.29, 1.82) is 0 Å². The number of hydrogen-bond acceptors (Lipinski definition) is 5. The molecular formula is C17H21ClN2O4. The summed E-state index contributed by atoms with van der Waals surface area (Å²) >= 11 is 6.11. The molecule has 0 aliphatic heterocycles. The van der Waals surface area contributed by atoms with E-state index in [1.807, 2.05) is 19.1 Å². The number of nitrogens with one attached hydrogen (secondary N) is 1. The quantitative estimate of drug-likeness (QED) is 0.389. The van der Waals surface area contributed by atoms with Crippen LogP contribution in [0.4, 0.5) is 5.69 Å². The summed E-state index contributed by atoms with van der Waals surface area (Å²) in [5, 5.41) is 14.4. The van der Waals surface area contributed by atoms with Gasteiger partial charge in [-0.2, -0.15) is 0 Å². The SMILES string of the molecule is CCOCCCCNCc1ccc(-c2ccc([N+](=O)[O-])cc2Cl)o1. The number of halogens is 1. The molecule has 1 aromatic heterocycles. The van der Waals surface area contributed by atoms with E-state index >= 15 is 0 Å². The van der Waals surface area contributed by atoms with Crippen LogP contribution in [0.25, 0.3) is 11.3 Å². The van der Waals surface area contributed by atoms with Gasteiger partial charge in [-0.05, 0) is 44.5 Å². The summed E-state index contributed by atoms with van der Waals surface area (Å²) in [6.45, 7) is 5.06. The minimum Gasteiger partial charge on any atom is -0.460 e. The van der Waals surface area contributed by atoms with Crippen molar-refractivity contribution >= 4 is 17.3 Å². The maximum absolute atomic E-state index is 10.7. The Labute approximate surface area is 145 Å². The zero-order valence-corrected chi connectivity index (χ0v) is 14.3. The molecule has 0 atom stereocenters. The number of non-ortho nitro benzene ring substituents is 1. The van der Waals surface area contributed by atoms with E-state index < -0.39 is 4.92 Å². The average Bonchev–Trinajstić information content (AvgIpc) is 3.02. The lowest BCUT2D eigenvalue weighted by Crippen LogP contribution is -2.14. The smallest absolute Gasteiger partial charge is 0.270 e. The summed E-state index contributed by atoms with van der Waals surface area (Å²) in [4.78, 5) is 10.3. The molecule has 2 aromatic rings. The van der Waals surface area contributed by atoms with Gasteiger partial charge in [0.05, 0.1) is 16.5 Å². The molecule has 0 fully saturated rings. The predicted octanol–water partition coefficient (Wildman–Crippen LogP) is 4.41. The summed E-state index contributed by atoms with van der Waals surface area (Å²) in [6, 6.07) is 8.04. The van der Waals surface area contributed by atoms with Crippen LogP contribution in [0.2, 0.25) is 5.02 Å². The van der Waals surface area contributed by atoms with Crippen LogP contribution in [-0.4, -0.2) is 24.7 Å². The summed E-state index contributed by atoms with van der Waals surface area (Å²) < 4.78 is 11.0. The molecule has 0 radical (unpaired) electrons. The van der Waals surface area contributed by atoms with Crippen molar-refractivity contribution in [2.75, 3.05) is 19.8 Å². The molecule has 0 aliphatic carbocycles. The van der Waals surface area contributed by atoms with Gasteiger partial charge in [-0.1, -0.05) is 11.6 Å².